The smallest absolute Gasteiger partial charge is 0.144 e. The predicted molar refractivity (Wildman–Crippen MR) is 79.2 cm³/mol. The lowest BCUT2D eigenvalue weighted by Crippen LogP contribution is -2.23. The number of hydrogen-bond donors (Lipinski definition) is 1. The van der Waals surface area contributed by atoms with Gasteiger partial charge in [0.2, 0.25) is 0 Å². The van der Waals surface area contributed by atoms with E-state index in [1.54, 1.807) is 6.20 Å². The van der Waals surface area contributed by atoms with Gasteiger partial charge in [-0.3, -0.25) is 4.98 Å². The van der Waals surface area contributed by atoms with Crippen LogP contribution in [0.1, 0.15) is 12.1 Å². The fourth-order valence-corrected chi connectivity index (χ4v) is 2.32. The van der Waals surface area contributed by atoms with Crippen LogP contribution < -0.4 is 15.0 Å². The molecule has 0 saturated heterocycles. The molecular formula is C15H18N4O. The summed E-state index contributed by atoms with van der Waals surface area (Å²) < 4.78 is 5.77. The van der Waals surface area contributed by atoms with Crippen LogP contribution in [0.3, 0.4) is 0 Å². The first-order valence-electron chi connectivity index (χ1n) is 6.82. The summed E-state index contributed by atoms with van der Waals surface area (Å²) >= 11 is 0. The van der Waals surface area contributed by atoms with Crippen LogP contribution in [0.2, 0.25) is 0 Å². The fourth-order valence-electron chi connectivity index (χ4n) is 2.32. The molecule has 1 aliphatic heterocycles. The Hall–Kier alpha value is -2.30. The highest BCUT2D eigenvalue weighted by Gasteiger charge is 2.16. The molecule has 0 radical (unpaired) electrons. The average Bonchev–Trinajstić information content (AvgIpc) is 2.71. The third-order valence-electron chi connectivity index (χ3n) is 3.35. The highest BCUT2D eigenvalue weighted by atomic mass is 16.5. The molecule has 0 aliphatic carbocycles. The van der Waals surface area contributed by atoms with E-state index in [1.807, 2.05) is 31.4 Å². The normalized spacial score (nSPS) is 14.2. The summed E-state index contributed by atoms with van der Waals surface area (Å²) in [6, 6.07) is 8.15. The number of ether oxygens (including phenoxy) is 1. The number of para-hydroxylation sites is 2. The van der Waals surface area contributed by atoms with Gasteiger partial charge >= 0.3 is 0 Å². The molecular weight excluding hydrogens is 252 g/mol. The molecule has 0 saturated carbocycles. The van der Waals surface area contributed by atoms with Gasteiger partial charge in [0.25, 0.3) is 0 Å². The van der Waals surface area contributed by atoms with Gasteiger partial charge in [-0.15, -0.1) is 0 Å². The van der Waals surface area contributed by atoms with Crippen LogP contribution >= 0.6 is 0 Å². The van der Waals surface area contributed by atoms with Crippen molar-refractivity contribution in [2.45, 2.75) is 13.0 Å². The fraction of sp³-hybridized carbons (Fsp3) is 0.333. The van der Waals surface area contributed by atoms with Crippen molar-refractivity contribution >= 4 is 11.5 Å². The summed E-state index contributed by atoms with van der Waals surface area (Å²) in [6.45, 7) is 2.47. The van der Waals surface area contributed by atoms with Gasteiger partial charge in [0.1, 0.15) is 11.6 Å². The molecule has 104 valence electrons. The lowest BCUT2D eigenvalue weighted by Gasteiger charge is -2.23. The molecule has 1 aromatic heterocycles. The zero-order chi connectivity index (χ0) is 13.8. The van der Waals surface area contributed by atoms with Crippen molar-refractivity contribution < 1.29 is 4.74 Å². The van der Waals surface area contributed by atoms with E-state index in [4.69, 9.17) is 4.74 Å². The van der Waals surface area contributed by atoms with Gasteiger partial charge < -0.3 is 15.0 Å². The lowest BCUT2D eigenvalue weighted by atomic mass is 10.2. The molecule has 0 bridgehead atoms. The number of anilines is 2. The largest absolute Gasteiger partial charge is 0.491 e. The van der Waals surface area contributed by atoms with Crippen molar-refractivity contribution in [2.75, 3.05) is 30.4 Å². The highest BCUT2D eigenvalue weighted by molar-refractivity contribution is 5.59. The monoisotopic (exact) mass is 270 g/mol. The lowest BCUT2D eigenvalue weighted by molar-refractivity contribution is 0.322. The second-order valence-electron chi connectivity index (χ2n) is 4.73. The maximum atomic E-state index is 5.77. The van der Waals surface area contributed by atoms with Crippen molar-refractivity contribution in [2.24, 2.45) is 0 Å². The zero-order valence-corrected chi connectivity index (χ0v) is 11.5. The molecule has 5 heteroatoms. The van der Waals surface area contributed by atoms with Gasteiger partial charge in [-0.25, -0.2) is 4.98 Å². The number of benzene rings is 1. The van der Waals surface area contributed by atoms with E-state index in [0.717, 1.165) is 49.1 Å². The van der Waals surface area contributed by atoms with E-state index in [9.17, 15) is 0 Å². The van der Waals surface area contributed by atoms with Crippen molar-refractivity contribution in [3.63, 3.8) is 0 Å². The summed E-state index contributed by atoms with van der Waals surface area (Å²) in [5.74, 6) is 1.73. The second kappa shape index (κ2) is 5.77. The Morgan fingerprint density at radius 2 is 2.15 bits per heavy atom. The van der Waals surface area contributed by atoms with Gasteiger partial charge in [0.05, 0.1) is 36.9 Å². The summed E-state index contributed by atoms with van der Waals surface area (Å²) in [6.07, 6.45) is 4.59. The molecule has 0 unspecified atom stereocenters. The van der Waals surface area contributed by atoms with Crippen LogP contribution in [-0.4, -0.2) is 30.2 Å². The van der Waals surface area contributed by atoms with Crippen LogP contribution in [0.4, 0.5) is 11.5 Å². The molecule has 0 fully saturated rings. The molecule has 20 heavy (non-hydrogen) atoms. The minimum absolute atomic E-state index is 0.747. The topological polar surface area (TPSA) is 50.3 Å². The molecule has 1 aliphatic rings. The minimum Gasteiger partial charge on any atom is -0.491 e. The Balaban J connectivity index is 1.82. The van der Waals surface area contributed by atoms with E-state index < -0.39 is 0 Å². The van der Waals surface area contributed by atoms with Crippen molar-refractivity contribution in [1.82, 2.24) is 9.97 Å². The summed E-state index contributed by atoms with van der Waals surface area (Å²) in [4.78, 5) is 11.0. The highest BCUT2D eigenvalue weighted by Crippen LogP contribution is 2.31. The first-order chi connectivity index (χ1) is 9.86. The molecule has 2 aromatic rings. The Bertz CT molecular complexity index is 570. The van der Waals surface area contributed by atoms with E-state index in [2.05, 4.69) is 26.3 Å². The second-order valence-corrected chi connectivity index (χ2v) is 4.73. The van der Waals surface area contributed by atoms with Crippen molar-refractivity contribution in [3.05, 3.63) is 42.4 Å². The summed E-state index contributed by atoms with van der Waals surface area (Å²) in [5, 5.41) is 2.98. The maximum absolute atomic E-state index is 5.77. The first kappa shape index (κ1) is 12.7. The molecule has 0 atom stereocenters. The molecule has 2 heterocycles. The van der Waals surface area contributed by atoms with Crippen LogP contribution in [-0.2, 0) is 6.54 Å². The molecule has 1 N–H and O–H groups in total. The Labute approximate surface area is 118 Å². The number of nitrogens with one attached hydrogen (secondary N) is 1. The average molecular weight is 270 g/mol. The molecule has 5 nitrogen and oxygen atoms in total. The maximum Gasteiger partial charge on any atom is 0.144 e. The molecule has 1 aromatic carbocycles. The molecule has 0 amide bonds. The first-order valence-corrected chi connectivity index (χ1v) is 6.82. The van der Waals surface area contributed by atoms with Gasteiger partial charge in [-0.2, -0.15) is 0 Å². The van der Waals surface area contributed by atoms with Crippen LogP contribution in [0.25, 0.3) is 0 Å². The van der Waals surface area contributed by atoms with Gasteiger partial charge in [-0.1, -0.05) is 12.1 Å². The zero-order valence-electron chi connectivity index (χ0n) is 11.5. The van der Waals surface area contributed by atoms with Gasteiger partial charge in [0.15, 0.2) is 0 Å². The summed E-state index contributed by atoms with van der Waals surface area (Å²) in [7, 11) is 1.84. The Kier molecular flexibility index (Phi) is 3.67. The van der Waals surface area contributed by atoms with Crippen LogP contribution in [0, 0.1) is 0 Å². The van der Waals surface area contributed by atoms with Gasteiger partial charge in [-0.05, 0) is 18.6 Å². The third-order valence-corrected chi connectivity index (χ3v) is 3.35. The van der Waals surface area contributed by atoms with Crippen molar-refractivity contribution in [1.29, 1.82) is 0 Å². The number of fused-ring (bicyclic) bond motifs is 1. The third kappa shape index (κ3) is 2.66. The molecule has 3 rings (SSSR count). The number of hydrogen-bond acceptors (Lipinski definition) is 5. The number of nitrogens with zero attached hydrogens (tertiary/aromatic N) is 3. The van der Waals surface area contributed by atoms with E-state index in [1.165, 1.54) is 0 Å². The molecule has 0 spiro atoms. The minimum atomic E-state index is 0.747. The predicted octanol–water partition coefficient (Wildman–Crippen LogP) is 2.31. The van der Waals surface area contributed by atoms with Crippen LogP contribution in [0.5, 0.6) is 5.75 Å². The van der Waals surface area contributed by atoms with Crippen LogP contribution in [0.15, 0.2) is 36.7 Å². The van der Waals surface area contributed by atoms with E-state index in [-0.39, 0.29) is 0 Å². The summed E-state index contributed by atoms with van der Waals surface area (Å²) in [5.41, 5.74) is 2.09. The van der Waals surface area contributed by atoms with Gasteiger partial charge in [0, 0.05) is 13.6 Å². The Morgan fingerprint density at radius 1 is 1.25 bits per heavy atom. The quantitative estimate of drug-likeness (QED) is 0.927. The van der Waals surface area contributed by atoms with Crippen molar-refractivity contribution in [3.8, 4) is 5.75 Å². The number of rotatable bonds is 3. The van der Waals surface area contributed by atoms with E-state index in [0.29, 0.717) is 0 Å². The SMILES string of the molecule is CNc1cnc(CN2CCCOc3ccccc32)cn1. The number of aromatic nitrogens is 2. The van der Waals surface area contributed by atoms with E-state index >= 15 is 0 Å². The standard InChI is InChI=1S/C15H18N4O/c1-16-15-10-17-12(9-18-15)11-19-7-4-8-20-14-6-3-2-5-13(14)19/h2-3,5-6,9-10H,4,7-8,11H2,1H3,(H,16,18). The Morgan fingerprint density at radius 3 is 2.95 bits per heavy atom.